The molecule has 0 radical (unpaired) electrons. The van der Waals surface area contributed by atoms with Gasteiger partial charge in [0.25, 0.3) is 0 Å². The Kier molecular flexibility index (Phi) is 4.34. The zero-order valence-corrected chi connectivity index (χ0v) is 11.7. The number of alkyl halides is 3. The molecule has 0 unspecified atom stereocenters. The number of halogens is 3. The van der Waals surface area contributed by atoms with E-state index < -0.39 is 17.7 Å². The first-order chi connectivity index (χ1) is 9.84. The smallest absolute Gasteiger partial charge is 0.327 e. The van der Waals surface area contributed by atoms with Crippen LogP contribution >= 0.6 is 0 Å². The van der Waals surface area contributed by atoms with E-state index in [0.29, 0.717) is 18.5 Å². The van der Waals surface area contributed by atoms with E-state index in [1.54, 1.807) is 6.20 Å². The number of nitrogens with zero attached hydrogens (tertiary/aromatic N) is 3. The van der Waals surface area contributed by atoms with Crippen molar-refractivity contribution >= 4 is 6.03 Å². The maximum absolute atomic E-state index is 13.0. The Bertz CT molecular complexity index is 488. The molecule has 1 fully saturated rings. The van der Waals surface area contributed by atoms with Crippen molar-refractivity contribution in [1.82, 2.24) is 20.2 Å². The van der Waals surface area contributed by atoms with Gasteiger partial charge >= 0.3 is 12.2 Å². The molecule has 0 spiro atoms. The summed E-state index contributed by atoms with van der Waals surface area (Å²) in [5.74, 6) is 0. The van der Waals surface area contributed by atoms with Crippen molar-refractivity contribution in [1.29, 1.82) is 0 Å². The lowest BCUT2D eigenvalue weighted by molar-refractivity contribution is -0.215. The zero-order chi connectivity index (χ0) is 15.5. The van der Waals surface area contributed by atoms with E-state index in [4.69, 9.17) is 0 Å². The lowest BCUT2D eigenvalue weighted by Gasteiger charge is -2.44. The van der Waals surface area contributed by atoms with E-state index in [1.165, 1.54) is 24.3 Å². The number of rotatable bonds is 4. The fraction of sp³-hybridized carbons (Fsp3) is 0.615. The van der Waals surface area contributed by atoms with Crippen molar-refractivity contribution in [2.45, 2.75) is 37.4 Å². The molecule has 2 amide bonds. The van der Waals surface area contributed by atoms with Crippen molar-refractivity contribution in [3.63, 3.8) is 0 Å². The summed E-state index contributed by atoms with van der Waals surface area (Å²) in [5, 5.41) is 2.13. The van der Waals surface area contributed by atoms with Gasteiger partial charge in [-0.05, 0) is 19.3 Å². The molecule has 0 saturated heterocycles. The molecule has 0 bridgehead atoms. The van der Waals surface area contributed by atoms with Crippen LogP contribution in [0, 0.1) is 0 Å². The molecular formula is C13H17F3N4O. The van der Waals surface area contributed by atoms with Crippen LogP contribution in [-0.2, 0) is 6.42 Å². The quantitative estimate of drug-likeness (QED) is 0.927. The fourth-order valence-electron chi connectivity index (χ4n) is 2.15. The molecule has 2 rings (SSSR count). The van der Waals surface area contributed by atoms with Crippen LogP contribution in [-0.4, -0.2) is 46.2 Å². The number of amides is 2. The number of nitrogens with one attached hydrogen (secondary N) is 1. The van der Waals surface area contributed by atoms with Gasteiger partial charge in [0, 0.05) is 38.6 Å². The summed E-state index contributed by atoms with van der Waals surface area (Å²) >= 11 is 0. The van der Waals surface area contributed by atoms with Crippen molar-refractivity contribution in [3.05, 3.63) is 24.3 Å². The summed E-state index contributed by atoms with van der Waals surface area (Å²) in [5.41, 5.74) is -1.36. The van der Waals surface area contributed by atoms with Crippen molar-refractivity contribution in [2.24, 2.45) is 0 Å². The molecule has 1 saturated carbocycles. The van der Waals surface area contributed by atoms with Crippen LogP contribution in [0.25, 0.3) is 0 Å². The first kappa shape index (κ1) is 15.5. The molecular weight excluding hydrogens is 285 g/mol. The average Bonchev–Trinajstić information content (AvgIpc) is 2.39. The Morgan fingerprint density at radius 2 is 2.14 bits per heavy atom. The molecule has 5 nitrogen and oxygen atoms in total. The molecule has 0 aromatic carbocycles. The highest BCUT2D eigenvalue weighted by molar-refractivity contribution is 5.75. The van der Waals surface area contributed by atoms with Gasteiger partial charge in [0.1, 0.15) is 5.54 Å². The molecule has 1 N–H and O–H groups in total. The summed E-state index contributed by atoms with van der Waals surface area (Å²) in [6.07, 6.45) is 1.02. The minimum Gasteiger partial charge on any atom is -0.327 e. The third-order valence-electron chi connectivity index (χ3n) is 3.76. The molecule has 1 aromatic rings. The lowest BCUT2D eigenvalue weighted by atomic mass is 9.76. The Balaban J connectivity index is 1.88. The maximum Gasteiger partial charge on any atom is 0.411 e. The molecule has 0 aliphatic heterocycles. The van der Waals surface area contributed by atoms with Gasteiger partial charge in [0.2, 0.25) is 0 Å². The van der Waals surface area contributed by atoms with Gasteiger partial charge in [0.15, 0.2) is 0 Å². The normalized spacial score (nSPS) is 17.0. The Morgan fingerprint density at radius 1 is 1.43 bits per heavy atom. The van der Waals surface area contributed by atoms with Gasteiger partial charge in [-0.1, -0.05) is 0 Å². The van der Waals surface area contributed by atoms with Gasteiger partial charge in [-0.3, -0.25) is 9.97 Å². The standard InChI is InChI=1S/C13H17F3N4O/c1-20(8-3-10-9-17-6-7-18-10)11(21)19-12(4-2-5-12)13(14,15)16/h6-7,9H,2-5,8H2,1H3,(H,19,21). The lowest BCUT2D eigenvalue weighted by Crippen LogP contribution is -2.64. The van der Waals surface area contributed by atoms with E-state index in [2.05, 4.69) is 15.3 Å². The molecule has 21 heavy (non-hydrogen) atoms. The van der Waals surface area contributed by atoms with Crippen LogP contribution in [0.4, 0.5) is 18.0 Å². The Morgan fingerprint density at radius 3 is 2.62 bits per heavy atom. The molecule has 1 heterocycles. The second-order valence-corrected chi connectivity index (χ2v) is 5.23. The number of hydrogen-bond donors (Lipinski definition) is 1. The van der Waals surface area contributed by atoms with Gasteiger partial charge < -0.3 is 10.2 Å². The van der Waals surface area contributed by atoms with Gasteiger partial charge in [-0.15, -0.1) is 0 Å². The molecule has 116 valence electrons. The van der Waals surface area contributed by atoms with Crippen LogP contribution in [0.3, 0.4) is 0 Å². The summed E-state index contributed by atoms with van der Waals surface area (Å²) in [7, 11) is 1.47. The van der Waals surface area contributed by atoms with E-state index in [0.717, 1.165) is 0 Å². The third-order valence-corrected chi connectivity index (χ3v) is 3.76. The first-order valence-corrected chi connectivity index (χ1v) is 6.69. The number of hydrogen-bond acceptors (Lipinski definition) is 3. The Labute approximate surface area is 120 Å². The van der Waals surface area contributed by atoms with E-state index in [9.17, 15) is 18.0 Å². The zero-order valence-electron chi connectivity index (χ0n) is 11.7. The summed E-state index contributed by atoms with van der Waals surface area (Å²) in [6.45, 7) is 0.276. The van der Waals surface area contributed by atoms with E-state index in [-0.39, 0.29) is 19.4 Å². The highest BCUT2D eigenvalue weighted by Gasteiger charge is 2.59. The van der Waals surface area contributed by atoms with Crippen LogP contribution in [0.15, 0.2) is 18.6 Å². The minimum absolute atomic E-state index is 0.0553. The monoisotopic (exact) mass is 302 g/mol. The average molecular weight is 302 g/mol. The van der Waals surface area contributed by atoms with Crippen molar-refractivity contribution in [3.8, 4) is 0 Å². The highest BCUT2D eigenvalue weighted by atomic mass is 19.4. The first-order valence-electron chi connectivity index (χ1n) is 6.69. The molecule has 1 aromatic heterocycles. The van der Waals surface area contributed by atoms with Crippen molar-refractivity contribution < 1.29 is 18.0 Å². The molecule has 1 aliphatic rings. The number of aromatic nitrogens is 2. The highest BCUT2D eigenvalue weighted by Crippen LogP contribution is 2.45. The summed E-state index contributed by atoms with van der Waals surface area (Å²) < 4.78 is 38.9. The molecule has 1 aliphatic carbocycles. The fourth-order valence-corrected chi connectivity index (χ4v) is 2.15. The number of carbonyl (C=O) groups is 1. The molecule has 8 heteroatoms. The largest absolute Gasteiger partial charge is 0.411 e. The minimum atomic E-state index is -4.41. The molecule has 0 atom stereocenters. The third kappa shape index (κ3) is 3.43. The summed E-state index contributed by atoms with van der Waals surface area (Å²) in [6, 6.07) is -0.712. The van der Waals surface area contributed by atoms with Crippen LogP contribution in [0.1, 0.15) is 25.0 Å². The van der Waals surface area contributed by atoms with Crippen LogP contribution in [0.2, 0.25) is 0 Å². The topological polar surface area (TPSA) is 58.1 Å². The maximum atomic E-state index is 13.0. The van der Waals surface area contributed by atoms with Crippen LogP contribution in [0.5, 0.6) is 0 Å². The van der Waals surface area contributed by atoms with E-state index >= 15 is 0 Å². The predicted octanol–water partition coefficient (Wildman–Crippen LogP) is 2.15. The Hall–Kier alpha value is -1.86. The number of urea groups is 1. The summed E-state index contributed by atoms with van der Waals surface area (Å²) in [4.78, 5) is 21.1. The number of likely N-dealkylation sites (N-methyl/N-ethyl adjacent to an activating group) is 1. The van der Waals surface area contributed by atoms with Crippen LogP contribution < -0.4 is 5.32 Å². The predicted molar refractivity (Wildman–Crippen MR) is 69.5 cm³/mol. The number of carbonyl (C=O) groups excluding carboxylic acids is 1. The second-order valence-electron chi connectivity index (χ2n) is 5.23. The van der Waals surface area contributed by atoms with E-state index in [1.807, 2.05) is 0 Å². The SMILES string of the molecule is CN(CCc1cnccn1)C(=O)NC1(C(F)(F)F)CCC1. The van der Waals surface area contributed by atoms with Gasteiger partial charge in [-0.25, -0.2) is 4.79 Å². The van der Waals surface area contributed by atoms with Gasteiger partial charge in [0.05, 0.1) is 5.69 Å². The van der Waals surface area contributed by atoms with Gasteiger partial charge in [-0.2, -0.15) is 13.2 Å². The second kappa shape index (κ2) is 5.87. The van der Waals surface area contributed by atoms with Crippen molar-refractivity contribution in [2.75, 3.05) is 13.6 Å².